The summed E-state index contributed by atoms with van der Waals surface area (Å²) in [5, 5.41) is 10.3. The van der Waals surface area contributed by atoms with Gasteiger partial charge in [0, 0.05) is 0 Å². The van der Waals surface area contributed by atoms with Gasteiger partial charge in [0.2, 0.25) is 0 Å². The molecule has 1 heteroatoms. The van der Waals surface area contributed by atoms with Gasteiger partial charge in [-0.15, -0.1) is 0 Å². The van der Waals surface area contributed by atoms with Gasteiger partial charge in [0.15, 0.2) is 0 Å². The highest BCUT2D eigenvalue weighted by Gasteiger charge is 2.60. The molecule has 1 nitrogen and oxygen atoms in total. The van der Waals surface area contributed by atoms with E-state index in [1.54, 1.807) is 0 Å². The molecule has 0 aromatic carbocycles. The van der Waals surface area contributed by atoms with Gasteiger partial charge in [-0.05, 0) is 116 Å². The molecule has 0 amide bonds. The summed E-state index contributed by atoms with van der Waals surface area (Å²) in [6.07, 6.45) is 17.1. The zero-order valence-corrected chi connectivity index (χ0v) is 20.2. The summed E-state index contributed by atoms with van der Waals surface area (Å²) in [5.41, 5.74) is 1.07. The van der Waals surface area contributed by atoms with Gasteiger partial charge in [-0.1, -0.05) is 53.7 Å². The number of aliphatic hydroxyl groups excluding tert-OH is 1. The second-order valence-electron chi connectivity index (χ2n) is 12.7. The summed E-state index contributed by atoms with van der Waals surface area (Å²) in [6.45, 7) is 14.9. The van der Waals surface area contributed by atoms with E-state index in [0.29, 0.717) is 16.7 Å². The number of allylic oxidation sites excluding steroid dienone is 2. The first kappa shape index (κ1) is 21.9. The van der Waals surface area contributed by atoms with Crippen LogP contribution in [0.15, 0.2) is 12.2 Å². The molecule has 0 aromatic heterocycles. The summed E-state index contributed by atoms with van der Waals surface area (Å²) in [4.78, 5) is 0. The fourth-order valence-electron chi connectivity index (χ4n) is 8.85. The second kappa shape index (κ2) is 7.99. The van der Waals surface area contributed by atoms with Crippen molar-refractivity contribution in [1.29, 1.82) is 0 Å². The van der Waals surface area contributed by atoms with Crippen LogP contribution in [0.4, 0.5) is 0 Å². The highest BCUT2D eigenvalue weighted by atomic mass is 16.3. The molecule has 4 fully saturated rings. The Morgan fingerprint density at radius 3 is 2.21 bits per heavy atom. The Kier molecular flexibility index (Phi) is 6.04. The molecule has 0 saturated heterocycles. The molecule has 5 unspecified atom stereocenters. The summed E-state index contributed by atoms with van der Waals surface area (Å²) < 4.78 is 0. The van der Waals surface area contributed by atoms with Gasteiger partial charge in [-0.3, -0.25) is 0 Å². The number of rotatable bonds is 4. The van der Waals surface area contributed by atoms with Crippen LogP contribution in [0.2, 0.25) is 0 Å². The van der Waals surface area contributed by atoms with Gasteiger partial charge in [0.05, 0.1) is 6.10 Å². The lowest BCUT2D eigenvalue weighted by atomic mass is 9.44. The van der Waals surface area contributed by atoms with E-state index in [9.17, 15) is 5.11 Å². The average Bonchev–Trinajstić information content (AvgIpc) is 3.03. The maximum Gasteiger partial charge on any atom is 0.0543 e. The number of hydrogen-bond acceptors (Lipinski definition) is 1. The summed E-state index contributed by atoms with van der Waals surface area (Å²) in [5.74, 6) is 6.66. The summed E-state index contributed by atoms with van der Waals surface area (Å²) in [6, 6.07) is 0. The van der Waals surface area contributed by atoms with Crippen LogP contribution >= 0.6 is 0 Å². The van der Waals surface area contributed by atoms with E-state index >= 15 is 0 Å². The largest absolute Gasteiger partial charge is 0.393 e. The van der Waals surface area contributed by atoms with Crippen molar-refractivity contribution in [3.63, 3.8) is 0 Å². The fraction of sp³-hybridized carbons (Fsp3) is 0.929. The lowest BCUT2D eigenvalue weighted by Gasteiger charge is -2.61. The lowest BCUT2D eigenvalue weighted by Crippen LogP contribution is -2.54. The van der Waals surface area contributed by atoms with Crippen molar-refractivity contribution in [2.75, 3.05) is 0 Å². The molecular weight excluding hydrogens is 352 g/mol. The van der Waals surface area contributed by atoms with Crippen molar-refractivity contribution in [2.24, 2.45) is 58.2 Å². The number of hydrogen-bond donors (Lipinski definition) is 1. The van der Waals surface area contributed by atoms with Gasteiger partial charge >= 0.3 is 0 Å². The molecule has 0 aliphatic heterocycles. The van der Waals surface area contributed by atoms with Gasteiger partial charge in [-0.2, -0.15) is 0 Å². The van der Waals surface area contributed by atoms with Crippen molar-refractivity contribution >= 4 is 0 Å². The van der Waals surface area contributed by atoms with Crippen LogP contribution in [0, 0.1) is 58.2 Å². The lowest BCUT2D eigenvalue weighted by molar-refractivity contribution is -0.128. The summed E-state index contributed by atoms with van der Waals surface area (Å²) in [7, 11) is 0. The van der Waals surface area contributed by atoms with Crippen molar-refractivity contribution < 1.29 is 5.11 Å². The fourth-order valence-corrected chi connectivity index (χ4v) is 8.85. The first-order valence-electron chi connectivity index (χ1n) is 13.0. The van der Waals surface area contributed by atoms with Crippen molar-refractivity contribution in [3.05, 3.63) is 12.2 Å². The van der Waals surface area contributed by atoms with E-state index in [-0.39, 0.29) is 6.10 Å². The Balaban J connectivity index is 1.50. The highest BCUT2D eigenvalue weighted by Crippen LogP contribution is 2.68. The first-order chi connectivity index (χ1) is 13.7. The Bertz CT molecular complexity index is 607. The molecule has 0 aromatic rings. The third-order valence-electron chi connectivity index (χ3n) is 11.1. The van der Waals surface area contributed by atoms with Crippen LogP contribution in [-0.2, 0) is 0 Å². The molecule has 4 aliphatic carbocycles. The van der Waals surface area contributed by atoms with E-state index in [1.807, 2.05) is 0 Å². The minimum Gasteiger partial charge on any atom is -0.393 e. The molecule has 0 heterocycles. The maximum atomic E-state index is 10.3. The van der Waals surface area contributed by atoms with E-state index < -0.39 is 0 Å². The first-order valence-corrected chi connectivity index (χ1v) is 13.0. The van der Waals surface area contributed by atoms with Crippen LogP contribution < -0.4 is 0 Å². The Morgan fingerprint density at radius 1 is 0.793 bits per heavy atom. The molecule has 0 bridgehead atoms. The van der Waals surface area contributed by atoms with E-state index in [4.69, 9.17) is 0 Å². The third kappa shape index (κ3) is 3.66. The Hall–Kier alpha value is -0.300. The molecule has 29 heavy (non-hydrogen) atoms. The zero-order valence-electron chi connectivity index (χ0n) is 20.2. The number of fused-ring (bicyclic) bond motifs is 5. The van der Waals surface area contributed by atoms with Gasteiger partial charge in [-0.25, -0.2) is 0 Å². The predicted molar refractivity (Wildman–Crippen MR) is 124 cm³/mol. The van der Waals surface area contributed by atoms with E-state index in [2.05, 4.69) is 53.7 Å². The predicted octanol–water partition coefficient (Wildman–Crippen LogP) is 7.49. The maximum absolute atomic E-state index is 10.3. The minimum absolute atomic E-state index is 0.0183. The SMILES string of the molecule is CC(C)C(C)/C=C/C(C)[C@H]1CCC2C3CC[C@H]4C[C@@H](O)CC[C@]4(C)C3CC[C@@]21C. The van der Waals surface area contributed by atoms with Crippen molar-refractivity contribution in [1.82, 2.24) is 0 Å². The molecule has 166 valence electrons. The monoisotopic (exact) mass is 400 g/mol. The molecule has 4 rings (SSSR count). The summed E-state index contributed by atoms with van der Waals surface area (Å²) >= 11 is 0. The smallest absolute Gasteiger partial charge is 0.0543 e. The molecule has 4 saturated carbocycles. The second-order valence-corrected chi connectivity index (χ2v) is 12.7. The van der Waals surface area contributed by atoms with Crippen LogP contribution in [-0.4, -0.2) is 11.2 Å². The van der Waals surface area contributed by atoms with E-state index in [0.717, 1.165) is 54.3 Å². The van der Waals surface area contributed by atoms with Crippen LogP contribution in [0.25, 0.3) is 0 Å². The molecule has 10 atom stereocenters. The molecule has 4 aliphatic rings. The molecular formula is C28H48O. The van der Waals surface area contributed by atoms with Crippen LogP contribution in [0.5, 0.6) is 0 Å². The van der Waals surface area contributed by atoms with Crippen molar-refractivity contribution in [2.45, 2.75) is 105 Å². The van der Waals surface area contributed by atoms with Crippen LogP contribution in [0.3, 0.4) is 0 Å². The molecule has 1 N–H and O–H groups in total. The molecule has 0 spiro atoms. The standard InChI is InChI=1S/C28H48O/c1-18(2)19(3)7-8-20(4)24-11-12-25-23-10-9-21-17-22(29)13-15-27(21,5)26(23)14-16-28(24,25)6/h7-8,18-26,29H,9-17H2,1-6H3/b8-7+/t19?,20?,21-,22-,23?,24+,25?,26?,27-,28+/m0/s1. The normalized spacial score (nSPS) is 49.5. The minimum atomic E-state index is -0.0183. The third-order valence-corrected chi connectivity index (χ3v) is 11.1. The van der Waals surface area contributed by atoms with Gasteiger partial charge < -0.3 is 5.11 Å². The topological polar surface area (TPSA) is 20.2 Å². The Morgan fingerprint density at radius 2 is 1.48 bits per heavy atom. The van der Waals surface area contributed by atoms with Gasteiger partial charge in [0.25, 0.3) is 0 Å². The Labute approximate surface area is 181 Å². The zero-order chi connectivity index (χ0) is 21.0. The number of aliphatic hydroxyl groups is 1. The van der Waals surface area contributed by atoms with Crippen molar-refractivity contribution in [3.8, 4) is 0 Å². The molecule has 0 radical (unpaired) electrons. The highest BCUT2D eigenvalue weighted by molar-refractivity contribution is 5.11. The van der Waals surface area contributed by atoms with Gasteiger partial charge in [0.1, 0.15) is 0 Å². The van der Waals surface area contributed by atoms with E-state index in [1.165, 1.54) is 44.9 Å². The average molecular weight is 401 g/mol. The quantitative estimate of drug-likeness (QED) is 0.485. The van der Waals surface area contributed by atoms with Crippen LogP contribution in [0.1, 0.15) is 99.3 Å².